The first-order valence-corrected chi connectivity index (χ1v) is 7.29. The molecular weight excluding hydrogens is 370 g/mol. The van der Waals surface area contributed by atoms with Gasteiger partial charge in [0.1, 0.15) is 0 Å². The van der Waals surface area contributed by atoms with E-state index in [1.807, 2.05) is 44.2 Å². The lowest BCUT2D eigenvalue weighted by molar-refractivity contribution is 1.21. The van der Waals surface area contributed by atoms with Crippen molar-refractivity contribution in [3.05, 3.63) is 50.4 Å². The Morgan fingerprint density at radius 3 is 1.68 bits per heavy atom. The quantitative estimate of drug-likeness (QED) is 0.515. The molecule has 2 aromatic rings. The van der Waals surface area contributed by atoms with Crippen molar-refractivity contribution < 1.29 is 0 Å². The molecule has 3 nitrogen and oxygen atoms in total. The lowest BCUT2D eigenvalue weighted by Gasteiger charge is -2.05. The molecule has 2 N–H and O–H groups in total. The van der Waals surface area contributed by atoms with Gasteiger partial charge in [0.25, 0.3) is 0 Å². The normalized spacial score (nSPS) is 11.2. The molecule has 0 spiro atoms. The van der Waals surface area contributed by atoms with Crippen molar-refractivity contribution in [2.24, 2.45) is 10.2 Å². The summed E-state index contributed by atoms with van der Waals surface area (Å²) in [5.74, 6) is 0. The van der Waals surface area contributed by atoms with Gasteiger partial charge in [-0.3, -0.25) is 0 Å². The number of anilines is 1. The van der Waals surface area contributed by atoms with Crippen molar-refractivity contribution in [3.63, 3.8) is 0 Å². The Bertz CT molecular complexity index is 608. The number of halogens is 2. The molecule has 2 aromatic carbocycles. The van der Waals surface area contributed by atoms with Crippen LogP contribution in [0.3, 0.4) is 0 Å². The number of nitrogens with zero attached hydrogens (tertiary/aromatic N) is 2. The van der Waals surface area contributed by atoms with Gasteiger partial charge in [-0.05, 0) is 55.3 Å². The second kappa shape index (κ2) is 5.84. The van der Waals surface area contributed by atoms with Crippen LogP contribution in [0.4, 0.5) is 17.1 Å². The molecule has 0 aromatic heterocycles. The van der Waals surface area contributed by atoms with Crippen molar-refractivity contribution in [3.8, 4) is 0 Å². The van der Waals surface area contributed by atoms with Gasteiger partial charge in [-0.1, -0.05) is 31.9 Å². The lowest BCUT2D eigenvalue weighted by atomic mass is 10.1. The second-order valence-electron chi connectivity index (χ2n) is 4.32. The number of aryl methyl sites for hydroxylation is 2. The molecule has 0 bridgehead atoms. The molecular formula is C14H13Br2N3. The van der Waals surface area contributed by atoms with E-state index < -0.39 is 0 Å². The van der Waals surface area contributed by atoms with Crippen LogP contribution in [0.5, 0.6) is 0 Å². The average Bonchev–Trinajstić information content (AvgIpc) is 2.32. The largest absolute Gasteiger partial charge is 0.398 e. The molecule has 0 atom stereocenters. The number of nitrogens with two attached hydrogens (primary N) is 1. The summed E-state index contributed by atoms with van der Waals surface area (Å²) in [6, 6.07) is 9.63. The zero-order valence-electron chi connectivity index (χ0n) is 10.6. The summed E-state index contributed by atoms with van der Waals surface area (Å²) < 4.78 is 1.92. The summed E-state index contributed by atoms with van der Waals surface area (Å²) in [5, 5.41) is 8.48. The molecule has 0 saturated heterocycles. The van der Waals surface area contributed by atoms with Crippen LogP contribution >= 0.6 is 31.9 Å². The van der Waals surface area contributed by atoms with Gasteiger partial charge in [0.05, 0.1) is 11.4 Å². The van der Waals surface area contributed by atoms with E-state index in [0.29, 0.717) is 0 Å². The summed E-state index contributed by atoms with van der Waals surface area (Å²) >= 11 is 6.85. The fourth-order valence-corrected chi connectivity index (χ4v) is 2.99. The van der Waals surface area contributed by atoms with E-state index in [4.69, 9.17) is 5.73 Å². The Kier molecular flexibility index (Phi) is 4.37. The standard InChI is InChI=1S/C14H13Br2N3/c1-8-3-12(4-9(2)14(8)17)18-19-13-6-10(15)5-11(16)7-13/h3-7H,17H2,1-2H3. The van der Waals surface area contributed by atoms with Crippen molar-refractivity contribution >= 4 is 48.9 Å². The topological polar surface area (TPSA) is 50.7 Å². The van der Waals surface area contributed by atoms with E-state index in [1.165, 1.54) is 0 Å². The fourth-order valence-electron chi connectivity index (χ4n) is 1.72. The summed E-state index contributed by atoms with van der Waals surface area (Å²) in [6.45, 7) is 3.94. The third-order valence-electron chi connectivity index (χ3n) is 2.71. The Hall–Kier alpha value is -1.20. The van der Waals surface area contributed by atoms with Crippen LogP contribution in [0.1, 0.15) is 11.1 Å². The number of azo groups is 1. The van der Waals surface area contributed by atoms with Crippen LogP contribution in [0.2, 0.25) is 0 Å². The molecule has 2 rings (SSSR count). The Balaban J connectivity index is 2.32. The van der Waals surface area contributed by atoms with Crippen LogP contribution in [0.15, 0.2) is 49.5 Å². The fraction of sp³-hybridized carbons (Fsp3) is 0.143. The molecule has 0 fully saturated rings. The van der Waals surface area contributed by atoms with Crippen molar-refractivity contribution in [2.75, 3.05) is 5.73 Å². The Morgan fingerprint density at radius 2 is 1.21 bits per heavy atom. The zero-order chi connectivity index (χ0) is 14.0. The predicted octanol–water partition coefficient (Wildman–Crippen LogP) is 5.83. The van der Waals surface area contributed by atoms with E-state index in [-0.39, 0.29) is 0 Å². The van der Waals surface area contributed by atoms with Gasteiger partial charge in [0.2, 0.25) is 0 Å². The first-order valence-electron chi connectivity index (χ1n) is 5.70. The molecule has 0 unspecified atom stereocenters. The van der Waals surface area contributed by atoms with E-state index in [9.17, 15) is 0 Å². The highest BCUT2D eigenvalue weighted by molar-refractivity contribution is 9.11. The molecule has 0 amide bonds. The van der Waals surface area contributed by atoms with Gasteiger partial charge in [0.15, 0.2) is 0 Å². The van der Waals surface area contributed by atoms with Gasteiger partial charge in [0, 0.05) is 14.6 Å². The zero-order valence-corrected chi connectivity index (χ0v) is 13.8. The van der Waals surface area contributed by atoms with Crippen LogP contribution < -0.4 is 5.73 Å². The lowest BCUT2D eigenvalue weighted by Crippen LogP contribution is -1.92. The molecule has 5 heteroatoms. The van der Waals surface area contributed by atoms with Crippen LogP contribution in [-0.2, 0) is 0 Å². The van der Waals surface area contributed by atoms with E-state index >= 15 is 0 Å². The van der Waals surface area contributed by atoms with E-state index in [0.717, 1.165) is 37.1 Å². The summed E-state index contributed by atoms with van der Waals surface area (Å²) in [7, 11) is 0. The molecule has 0 radical (unpaired) electrons. The summed E-state index contributed by atoms with van der Waals surface area (Å²) in [4.78, 5) is 0. The second-order valence-corrected chi connectivity index (χ2v) is 6.15. The molecule has 19 heavy (non-hydrogen) atoms. The van der Waals surface area contributed by atoms with Crippen molar-refractivity contribution in [1.29, 1.82) is 0 Å². The van der Waals surface area contributed by atoms with Crippen LogP contribution in [0.25, 0.3) is 0 Å². The first kappa shape index (κ1) is 14.2. The molecule has 0 aliphatic heterocycles. The molecule has 0 saturated carbocycles. The summed E-state index contributed by atoms with van der Waals surface area (Å²) in [5.41, 5.74) is 10.3. The monoisotopic (exact) mass is 381 g/mol. The van der Waals surface area contributed by atoms with Crippen molar-refractivity contribution in [1.82, 2.24) is 0 Å². The Morgan fingerprint density at radius 1 is 0.789 bits per heavy atom. The predicted molar refractivity (Wildman–Crippen MR) is 86.3 cm³/mol. The maximum Gasteiger partial charge on any atom is 0.0879 e. The number of hydrogen-bond acceptors (Lipinski definition) is 3. The minimum atomic E-state index is 0.786. The first-order chi connectivity index (χ1) is 8.95. The van der Waals surface area contributed by atoms with Gasteiger partial charge >= 0.3 is 0 Å². The minimum absolute atomic E-state index is 0.786. The molecule has 0 heterocycles. The highest BCUT2D eigenvalue weighted by Gasteiger charge is 2.01. The molecule has 0 aliphatic carbocycles. The smallest absolute Gasteiger partial charge is 0.0879 e. The summed E-state index contributed by atoms with van der Waals surface area (Å²) in [6.07, 6.45) is 0. The minimum Gasteiger partial charge on any atom is -0.398 e. The third-order valence-corrected chi connectivity index (χ3v) is 3.62. The maximum atomic E-state index is 5.91. The van der Waals surface area contributed by atoms with E-state index in [2.05, 4.69) is 42.1 Å². The number of rotatable bonds is 2. The molecule has 98 valence electrons. The SMILES string of the molecule is Cc1cc(N=Nc2cc(Br)cc(Br)c2)cc(C)c1N. The maximum absolute atomic E-state index is 5.91. The van der Waals surface area contributed by atoms with Crippen LogP contribution in [0, 0.1) is 13.8 Å². The highest BCUT2D eigenvalue weighted by Crippen LogP contribution is 2.28. The average molecular weight is 383 g/mol. The number of hydrogen-bond donors (Lipinski definition) is 1. The van der Waals surface area contributed by atoms with Gasteiger partial charge in [-0.25, -0.2) is 0 Å². The van der Waals surface area contributed by atoms with Gasteiger partial charge in [-0.15, -0.1) is 0 Å². The van der Waals surface area contributed by atoms with Gasteiger partial charge in [-0.2, -0.15) is 10.2 Å². The van der Waals surface area contributed by atoms with Crippen molar-refractivity contribution in [2.45, 2.75) is 13.8 Å². The number of nitrogen functional groups attached to an aromatic ring is 1. The number of benzene rings is 2. The third kappa shape index (κ3) is 3.64. The van der Waals surface area contributed by atoms with Gasteiger partial charge < -0.3 is 5.73 Å². The Labute approximate surface area is 129 Å². The van der Waals surface area contributed by atoms with Crippen LogP contribution in [-0.4, -0.2) is 0 Å². The molecule has 0 aliphatic rings. The van der Waals surface area contributed by atoms with E-state index in [1.54, 1.807) is 0 Å². The highest BCUT2D eigenvalue weighted by atomic mass is 79.9.